The molecule has 1 saturated carbocycles. The van der Waals surface area contributed by atoms with Crippen LogP contribution in [0.5, 0.6) is 0 Å². The normalized spacial score (nSPS) is 25.9. The molecule has 1 aliphatic carbocycles. The molecule has 2 saturated heterocycles. The van der Waals surface area contributed by atoms with Crippen LogP contribution < -0.4 is 5.32 Å². The molecule has 1 aromatic carbocycles. The van der Waals surface area contributed by atoms with Crippen LogP contribution >= 0.6 is 11.6 Å². The van der Waals surface area contributed by atoms with E-state index in [0.29, 0.717) is 56.1 Å². The number of methoxy groups -OCH3 is 1. The van der Waals surface area contributed by atoms with Gasteiger partial charge in [0.2, 0.25) is 5.91 Å². The SMILES string of the molecule is COC(=O)NCCOC(c1cccc(Cl)c1)C1CCCN(C(=O)CC(CC2CCCCC2)C(O)C2CC(C)CO2)C1. The van der Waals surface area contributed by atoms with E-state index in [4.69, 9.17) is 21.1 Å². The Balaban J connectivity index is 1.42. The third-order valence-corrected chi connectivity index (χ3v) is 9.40. The zero-order chi connectivity index (χ0) is 29.2. The van der Waals surface area contributed by atoms with Gasteiger partial charge in [0.15, 0.2) is 0 Å². The third kappa shape index (κ3) is 9.57. The number of nitrogens with one attached hydrogen (secondary N) is 1. The van der Waals surface area contributed by atoms with Gasteiger partial charge < -0.3 is 29.5 Å². The molecule has 0 bridgehead atoms. The number of likely N-dealkylation sites (tertiary alicyclic amines) is 1. The third-order valence-electron chi connectivity index (χ3n) is 9.16. The van der Waals surface area contributed by atoms with Gasteiger partial charge in [-0.1, -0.05) is 62.8 Å². The maximum Gasteiger partial charge on any atom is 0.406 e. The highest BCUT2D eigenvalue weighted by molar-refractivity contribution is 6.30. The standard InChI is InChI=1S/C32H49ClN2O6/c1-22-16-28(41-21-22)30(37)26(17-23-8-4-3-5-9-23)19-29(36)35-14-7-11-25(20-35)31(24-10-6-12-27(33)18-24)40-15-13-34-32(38)39-2/h6,10,12,18,22-23,25-26,28,30-31,37H,3-5,7-9,11,13-17,19-21H2,1-2H3,(H,34,38). The number of hydrogen-bond acceptors (Lipinski definition) is 6. The highest BCUT2D eigenvalue weighted by Gasteiger charge is 2.38. The number of ether oxygens (including phenoxy) is 3. The van der Waals surface area contributed by atoms with Crippen LogP contribution in [0.3, 0.4) is 0 Å². The Kier molecular flexibility index (Phi) is 12.6. The Labute approximate surface area is 250 Å². The lowest BCUT2D eigenvalue weighted by molar-refractivity contribution is -0.138. The number of benzene rings is 1. The highest BCUT2D eigenvalue weighted by atomic mass is 35.5. The number of aliphatic hydroxyl groups is 1. The molecule has 2 heterocycles. The average Bonchev–Trinajstić information content (AvgIpc) is 3.43. The van der Waals surface area contributed by atoms with Gasteiger partial charge in [-0.3, -0.25) is 4.79 Å². The number of piperidine rings is 1. The fraction of sp³-hybridized carbons (Fsp3) is 0.750. The van der Waals surface area contributed by atoms with Crippen molar-refractivity contribution in [3.63, 3.8) is 0 Å². The van der Waals surface area contributed by atoms with Gasteiger partial charge in [-0.15, -0.1) is 0 Å². The number of hydrogen-bond donors (Lipinski definition) is 2. The van der Waals surface area contributed by atoms with Crippen LogP contribution in [-0.2, 0) is 19.0 Å². The topological polar surface area (TPSA) is 97.3 Å². The summed E-state index contributed by atoms with van der Waals surface area (Å²) in [6.07, 6.45) is 8.50. The monoisotopic (exact) mass is 592 g/mol. The van der Waals surface area contributed by atoms with Gasteiger partial charge >= 0.3 is 6.09 Å². The van der Waals surface area contributed by atoms with E-state index >= 15 is 0 Å². The smallest absolute Gasteiger partial charge is 0.406 e. The van der Waals surface area contributed by atoms with Gasteiger partial charge in [-0.25, -0.2) is 4.79 Å². The molecule has 9 heteroatoms. The fourth-order valence-corrected chi connectivity index (χ4v) is 7.19. The molecule has 0 radical (unpaired) electrons. The lowest BCUT2D eigenvalue weighted by Crippen LogP contribution is -2.44. The molecular weight excluding hydrogens is 544 g/mol. The van der Waals surface area contributed by atoms with E-state index in [1.165, 1.54) is 39.2 Å². The van der Waals surface area contributed by atoms with Crippen molar-refractivity contribution in [1.29, 1.82) is 0 Å². The lowest BCUT2D eigenvalue weighted by Gasteiger charge is -2.38. The van der Waals surface area contributed by atoms with Crippen molar-refractivity contribution in [3.8, 4) is 0 Å². The Morgan fingerprint density at radius 2 is 2.00 bits per heavy atom. The van der Waals surface area contributed by atoms with Gasteiger partial charge in [-0.2, -0.15) is 0 Å². The van der Waals surface area contributed by atoms with E-state index < -0.39 is 12.2 Å². The molecule has 3 fully saturated rings. The summed E-state index contributed by atoms with van der Waals surface area (Å²) < 4.78 is 16.9. The van der Waals surface area contributed by atoms with Gasteiger partial charge in [0.05, 0.1) is 32.0 Å². The largest absolute Gasteiger partial charge is 0.453 e. The second-order valence-corrected chi connectivity index (χ2v) is 12.9. The molecule has 41 heavy (non-hydrogen) atoms. The Morgan fingerprint density at radius 3 is 2.71 bits per heavy atom. The molecule has 2 amide bonds. The Bertz CT molecular complexity index is 973. The molecule has 230 valence electrons. The summed E-state index contributed by atoms with van der Waals surface area (Å²) in [5.41, 5.74) is 0.966. The summed E-state index contributed by atoms with van der Waals surface area (Å²) in [7, 11) is 1.33. The summed E-state index contributed by atoms with van der Waals surface area (Å²) in [5, 5.41) is 14.7. The van der Waals surface area contributed by atoms with Gasteiger partial charge in [0, 0.05) is 43.6 Å². The van der Waals surface area contributed by atoms with E-state index in [2.05, 4.69) is 17.0 Å². The van der Waals surface area contributed by atoms with Crippen LogP contribution in [0.1, 0.15) is 82.8 Å². The van der Waals surface area contributed by atoms with Crippen LogP contribution in [0, 0.1) is 23.7 Å². The zero-order valence-corrected chi connectivity index (χ0v) is 25.5. The van der Waals surface area contributed by atoms with Gasteiger partial charge in [0.25, 0.3) is 0 Å². The average molecular weight is 593 g/mol. The quantitative estimate of drug-likeness (QED) is 0.300. The molecule has 6 atom stereocenters. The minimum atomic E-state index is -0.615. The maximum atomic E-state index is 13.8. The van der Waals surface area contributed by atoms with E-state index in [0.717, 1.165) is 31.2 Å². The van der Waals surface area contributed by atoms with Gasteiger partial charge in [0.1, 0.15) is 0 Å². The predicted molar refractivity (Wildman–Crippen MR) is 159 cm³/mol. The second kappa shape index (κ2) is 16.1. The first-order chi connectivity index (χ1) is 19.8. The van der Waals surface area contributed by atoms with E-state index in [9.17, 15) is 14.7 Å². The molecule has 8 nitrogen and oxygen atoms in total. The Morgan fingerprint density at radius 1 is 1.20 bits per heavy atom. The molecule has 1 aromatic rings. The molecule has 6 unspecified atom stereocenters. The molecule has 4 rings (SSSR count). The number of aliphatic hydroxyl groups excluding tert-OH is 1. The first kappa shape index (κ1) is 32.1. The highest BCUT2D eigenvalue weighted by Crippen LogP contribution is 2.37. The second-order valence-electron chi connectivity index (χ2n) is 12.4. The summed E-state index contributed by atoms with van der Waals surface area (Å²) in [6, 6.07) is 7.67. The summed E-state index contributed by atoms with van der Waals surface area (Å²) in [5.74, 6) is 1.12. The van der Waals surface area contributed by atoms with Crippen molar-refractivity contribution < 1.29 is 28.9 Å². The minimum absolute atomic E-state index is 0.0880. The van der Waals surface area contributed by atoms with Crippen molar-refractivity contribution in [2.45, 2.75) is 89.4 Å². The van der Waals surface area contributed by atoms with Crippen LogP contribution in [0.2, 0.25) is 5.02 Å². The number of nitrogens with zero attached hydrogens (tertiary/aromatic N) is 1. The number of rotatable bonds is 12. The fourth-order valence-electron chi connectivity index (χ4n) is 6.99. The van der Waals surface area contributed by atoms with Crippen molar-refractivity contribution in [2.24, 2.45) is 23.7 Å². The Hall–Kier alpha value is -1.87. The molecule has 2 aliphatic heterocycles. The number of amides is 2. The molecule has 3 aliphatic rings. The maximum absolute atomic E-state index is 13.8. The van der Waals surface area contributed by atoms with Crippen molar-refractivity contribution in [3.05, 3.63) is 34.9 Å². The molecule has 2 N–H and O–H groups in total. The molecular formula is C32H49ClN2O6. The van der Waals surface area contributed by atoms with Crippen molar-refractivity contribution >= 4 is 23.6 Å². The summed E-state index contributed by atoms with van der Waals surface area (Å²) >= 11 is 6.33. The first-order valence-corrected chi connectivity index (χ1v) is 16.0. The number of alkyl carbamates (subject to hydrolysis) is 1. The lowest BCUT2D eigenvalue weighted by atomic mass is 9.78. The summed E-state index contributed by atoms with van der Waals surface area (Å²) in [6.45, 7) is 4.77. The number of halogens is 1. The van der Waals surface area contributed by atoms with E-state index in [1.54, 1.807) is 0 Å². The van der Waals surface area contributed by atoms with Crippen LogP contribution in [0.4, 0.5) is 4.79 Å². The minimum Gasteiger partial charge on any atom is -0.453 e. The van der Waals surface area contributed by atoms with Crippen molar-refractivity contribution in [1.82, 2.24) is 10.2 Å². The number of carbonyl (C=O) groups excluding carboxylic acids is 2. The van der Waals surface area contributed by atoms with E-state index in [-0.39, 0.29) is 30.0 Å². The predicted octanol–water partition coefficient (Wildman–Crippen LogP) is 5.75. The van der Waals surface area contributed by atoms with Crippen LogP contribution in [-0.4, -0.2) is 74.2 Å². The van der Waals surface area contributed by atoms with Crippen LogP contribution in [0.15, 0.2) is 24.3 Å². The van der Waals surface area contributed by atoms with Crippen molar-refractivity contribution in [2.75, 3.05) is 40.0 Å². The first-order valence-electron chi connectivity index (χ1n) is 15.6. The van der Waals surface area contributed by atoms with Crippen LogP contribution in [0.25, 0.3) is 0 Å². The van der Waals surface area contributed by atoms with E-state index in [1.807, 2.05) is 29.2 Å². The molecule has 0 spiro atoms. The van der Waals surface area contributed by atoms with Gasteiger partial charge in [-0.05, 0) is 61.1 Å². The molecule has 0 aromatic heterocycles. The zero-order valence-electron chi connectivity index (χ0n) is 24.8. The summed E-state index contributed by atoms with van der Waals surface area (Å²) in [4.78, 5) is 27.3. The number of carbonyl (C=O) groups is 2.